The molecular weight excluding hydrogens is 360 g/mol. The Hall–Kier alpha value is -1.49. The number of aliphatic hydroxyl groups is 1. The van der Waals surface area contributed by atoms with E-state index < -0.39 is 28.1 Å². The largest absolute Gasteiger partial charge is 0.388 e. The Morgan fingerprint density at radius 3 is 2.85 bits per heavy atom. The minimum absolute atomic E-state index is 0.136. The Kier molecular flexibility index (Phi) is 5.96. The molecule has 2 N–H and O–H groups in total. The zero-order valence-electron chi connectivity index (χ0n) is 14.9. The lowest BCUT2D eigenvalue weighted by Crippen LogP contribution is -2.57. The summed E-state index contributed by atoms with van der Waals surface area (Å²) in [5, 5.41) is 17.6. The SMILES string of the molecule is CCn1nccc1C(=O)N[C@H]1CCO[C@H](CN2CCS(=O)(=O)CC2)[C@H]1O. The molecule has 10 heteroatoms. The van der Waals surface area contributed by atoms with Crippen LogP contribution in [0.5, 0.6) is 0 Å². The lowest BCUT2D eigenvalue weighted by molar-refractivity contribution is -0.0988. The standard InChI is InChI=1S/C16H26N4O5S/c1-2-20-13(3-5-17-20)16(22)18-12-4-8-25-14(15(12)21)11-19-6-9-26(23,24)10-7-19/h3,5,12,14-15,21H,2,4,6-11H2,1H3,(H,18,22)/t12-,14+,15-/m0/s1. The Morgan fingerprint density at radius 1 is 1.42 bits per heavy atom. The van der Waals surface area contributed by atoms with Crippen LogP contribution in [0.25, 0.3) is 0 Å². The van der Waals surface area contributed by atoms with Crippen LogP contribution >= 0.6 is 0 Å². The fourth-order valence-corrected chi connectivity index (χ4v) is 4.68. The van der Waals surface area contributed by atoms with E-state index in [-0.39, 0.29) is 17.4 Å². The third kappa shape index (κ3) is 4.43. The van der Waals surface area contributed by atoms with E-state index in [0.29, 0.717) is 44.9 Å². The molecule has 2 fully saturated rings. The van der Waals surface area contributed by atoms with Gasteiger partial charge >= 0.3 is 0 Å². The summed E-state index contributed by atoms with van der Waals surface area (Å²) in [6.07, 6.45) is 0.805. The van der Waals surface area contributed by atoms with E-state index in [1.807, 2.05) is 11.8 Å². The van der Waals surface area contributed by atoms with E-state index in [4.69, 9.17) is 4.74 Å². The summed E-state index contributed by atoms with van der Waals surface area (Å²) in [7, 11) is -2.94. The van der Waals surface area contributed by atoms with Crippen molar-refractivity contribution < 1.29 is 23.1 Å². The van der Waals surface area contributed by atoms with Crippen LogP contribution < -0.4 is 5.32 Å². The number of hydrogen-bond donors (Lipinski definition) is 2. The molecule has 3 atom stereocenters. The van der Waals surface area contributed by atoms with Gasteiger partial charge in [0.1, 0.15) is 11.8 Å². The highest BCUT2D eigenvalue weighted by Gasteiger charge is 2.36. The zero-order chi connectivity index (χ0) is 18.7. The van der Waals surface area contributed by atoms with Crippen LogP contribution in [0.4, 0.5) is 0 Å². The minimum Gasteiger partial charge on any atom is -0.388 e. The number of nitrogens with zero attached hydrogens (tertiary/aromatic N) is 3. The van der Waals surface area contributed by atoms with Gasteiger partial charge in [-0.3, -0.25) is 14.4 Å². The average Bonchev–Trinajstić information content (AvgIpc) is 3.09. The third-order valence-electron chi connectivity index (χ3n) is 4.99. The van der Waals surface area contributed by atoms with E-state index in [9.17, 15) is 18.3 Å². The second-order valence-corrected chi connectivity index (χ2v) is 9.06. The van der Waals surface area contributed by atoms with E-state index in [0.717, 1.165) is 0 Å². The first-order valence-corrected chi connectivity index (χ1v) is 10.8. The Labute approximate surface area is 153 Å². The summed E-state index contributed by atoms with van der Waals surface area (Å²) in [6.45, 7) is 4.28. The lowest BCUT2D eigenvalue weighted by atomic mass is 9.98. The second-order valence-electron chi connectivity index (χ2n) is 6.75. The molecule has 146 valence electrons. The molecule has 9 nitrogen and oxygen atoms in total. The summed E-state index contributed by atoms with van der Waals surface area (Å²) in [6, 6.07) is 1.24. The van der Waals surface area contributed by atoms with Gasteiger partial charge in [-0.1, -0.05) is 0 Å². The highest BCUT2D eigenvalue weighted by molar-refractivity contribution is 7.91. The number of rotatable bonds is 5. The summed E-state index contributed by atoms with van der Waals surface area (Å²) in [5.74, 6) is 0.00617. The number of carbonyl (C=O) groups excluding carboxylic acids is 1. The number of hydrogen-bond acceptors (Lipinski definition) is 7. The van der Waals surface area contributed by atoms with Gasteiger partial charge in [-0.2, -0.15) is 5.10 Å². The zero-order valence-corrected chi connectivity index (χ0v) is 15.7. The van der Waals surface area contributed by atoms with E-state index >= 15 is 0 Å². The molecule has 1 aromatic rings. The molecule has 2 aliphatic heterocycles. The molecule has 2 aliphatic rings. The van der Waals surface area contributed by atoms with Gasteiger partial charge in [0.25, 0.3) is 5.91 Å². The Bertz CT molecular complexity index is 721. The van der Waals surface area contributed by atoms with Crippen LogP contribution in [0.1, 0.15) is 23.8 Å². The summed E-state index contributed by atoms with van der Waals surface area (Å²) < 4.78 is 30.3. The average molecular weight is 386 g/mol. The smallest absolute Gasteiger partial charge is 0.269 e. The summed E-state index contributed by atoms with van der Waals surface area (Å²) in [5.41, 5.74) is 0.462. The topological polar surface area (TPSA) is 114 Å². The van der Waals surface area contributed by atoms with E-state index in [1.165, 1.54) is 0 Å². The Balaban J connectivity index is 1.57. The number of ether oxygens (including phenoxy) is 1. The predicted octanol–water partition coefficient (Wildman–Crippen LogP) is -1.12. The second kappa shape index (κ2) is 8.03. The van der Waals surface area contributed by atoms with Gasteiger partial charge in [0.2, 0.25) is 0 Å². The Morgan fingerprint density at radius 2 is 2.15 bits per heavy atom. The van der Waals surface area contributed by atoms with Crippen molar-refractivity contribution in [3.05, 3.63) is 18.0 Å². The first-order valence-electron chi connectivity index (χ1n) is 8.95. The lowest BCUT2D eigenvalue weighted by Gasteiger charge is -2.38. The summed E-state index contributed by atoms with van der Waals surface area (Å²) in [4.78, 5) is 14.5. The molecule has 1 amide bonds. The number of sulfone groups is 1. The van der Waals surface area contributed by atoms with Gasteiger partial charge in [0.05, 0.1) is 23.7 Å². The fourth-order valence-electron chi connectivity index (χ4n) is 3.40. The van der Waals surface area contributed by atoms with Crippen molar-refractivity contribution >= 4 is 15.7 Å². The predicted molar refractivity (Wildman–Crippen MR) is 94.6 cm³/mol. The highest BCUT2D eigenvalue weighted by Crippen LogP contribution is 2.18. The third-order valence-corrected chi connectivity index (χ3v) is 6.60. The molecule has 0 aromatic carbocycles. The molecule has 0 saturated carbocycles. The maximum Gasteiger partial charge on any atom is 0.269 e. The van der Waals surface area contributed by atoms with Crippen molar-refractivity contribution in [2.75, 3.05) is 37.7 Å². The van der Waals surface area contributed by atoms with Crippen LogP contribution in [0.3, 0.4) is 0 Å². The number of aromatic nitrogens is 2. The van der Waals surface area contributed by atoms with Crippen molar-refractivity contribution in [1.29, 1.82) is 0 Å². The molecule has 3 heterocycles. The molecule has 0 radical (unpaired) electrons. The normalized spacial score (nSPS) is 29.4. The van der Waals surface area contributed by atoms with Gasteiger partial charge in [0.15, 0.2) is 9.84 Å². The number of carbonyl (C=O) groups is 1. The number of nitrogens with one attached hydrogen (secondary N) is 1. The fraction of sp³-hybridized carbons (Fsp3) is 0.750. The van der Waals surface area contributed by atoms with Gasteiger partial charge in [-0.25, -0.2) is 8.42 Å². The van der Waals surface area contributed by atoms with Crippen LogP contribution in [0.2, 0.25) is 0 Å². The molecule has 0 bridgehead atoms. The monoisotopic (exact) mass is 386 g/mol. The highest BCUT2D eigenvalue weighted by atomic mass is 32.2. The van der Waals surface area contributed by atoms with Gasteiger partial charge in [-0.05, 0) is 19.4 Å². The van der Waals surface area contributed by atoms with Crippen LogP contribution in [0.15, 0.2) is 12.3 Å². The number of aliphatic hydroxyl groups excluding tert-OH is 1. The molecule has 0 unspecified atom stereocenters. The summed E-state index contributed by atoms with van der Waals surface area (Å²) >= 11 is 0. The van der Waals surface area contributed by atoms with Crippen LogP contribution in [-0.4, -0.2) is 90.1 Å². The first-order chi connectivity index (χ1) is 12.4. The number of aryl methyl sites for hydroxylation is 1. The quantitative estimate of drug-likeness (QED) is 0.659. The first kappa shape index (κ1) is 19.3. The van der Waals surface area contributed by atoms with Gasteiger partial charge < -0.3 is 15.2 Å². The molecular formula is C16H26N4O5S. The maximum absolute atomic E-state index is 12.5. The molecule has 2 saturated heterocycles. The van der Waals surface area contributed by atoms with Gasteiger partial charge in [-0.15, -0.1) is 0 Å². The molecule has 3 rings (SSSR count). The maximum atomic E-state index is 12.5. The van der Waals surface area contributed by atoms with E-state index in [2.05, 4.69) is 10.4 Å². The van der Waals surface area contributed by atoms with Gasteiger partial charge in [0, 0.05) is 39.0 Å². The van der Waals surface area contributed by atoms with Crippen molar-refractivity contribution in [1.82, 2.24) is 20.0 Å². The molecule has 1 aromatic heterocycles. The van der Waals surface area contributed by atoms with Crippen LogP contribution in [-0.2, 0) is 21.1 Å². The van der Waals surface area contributed by atoms with Crippen molar-refractivity contribution in [3.8, 4) is 0 Å². The number of amides is 1. The van der Waals surface area contributed by atoms with E-state index in [1.54, 1.807) is 16.9 Å². The molecule has 0 spiro atoms. The molecule has 0 aliphatic carbocycles. The van der Waals surface area contributed by atoms with Crippen molar-refractivity contribution in [3.63, 3.8) is 0 Å². The van der Waals surface area contributed by atoms with Crippen molar-refractivity contribution in [2.45, 2.75) is 38.1 Å². The van der Waals surface area contributed by atoms with Crippen LogP contribution in [0, 0.1) is 0 Å². The minimum atomic E-state index is -2.94. The van der Waals surface area contributed by atoms with Crippen molar-refractivity contribution in [2.24, 2.45) is 0 Å². The molecule has 26 heavy (non-hydrogen) atoms.